The second-order valence-electron chi connectivity index (χ2n) is 9.72. The third kappa shape index (κ3) is 5.63. The molecule has 0 saturated carbocycles. The zero-order valence-electron chi connectivity index (χ0n) is 23.7. The van der Waals surface area contributed by atoms with Crippen LogP contribution in [-0.2, 0) is 26.0 Å². The summed E-state index contributed by atoms with van der Waals surface area (Å²) in [5.41, 5.74) is -0.0572. The number of rotatable bonds is 11. The summed E-state index contributed by atoms with van der Waals surface area (Å²) in [7, 11) is -2.56. The van der Waals surface area contributed by atoms with Gasteiger partial charge in [-0.05, 0) is 61.9 Å². The van der Waals surface area contributed by atoms with Gasteiger partial charge in [-0.2, -0.15) is 0 Å². The lowest BCUT2D eigenvalue weighted by atomic mass is 9.70. The third-order valence-corrected chi connectivity index (χ3v) is 9.17. The van der Waals surface area contributed by atoms with Gasteiger partial charge in [-0.1, -0.05) is 49.1 Å². The second kappa shape index (κ2) is 12.5. The maximum absolute atomic E-state index is 14.0. The number of nitrogens with zero attached hydrogens (tertiary/aromatic N) is 2. The molecule has 0 aliphatic heterocycles. The number of aromatic nitrogens is 1. The summed E-state index contributed by atoms with van der Waals surface area (Å²) in [5.74, 6) is -2.32. The first kappa shape index (κ1) is 30.4. The first-order chi connectivity index (χ1) is 20.1. The van der Waals surface area contributed by atoms with E-state index in [9.17, 15) is 23.1 Å². The van der Waals surface area contributed by atoms with Crippen molar-refractivity contribution in [1.82, 2.24) is 10.3 Å². The van der Waals surface area contributed by atoms with Crippen molar-refractivity contribution < 1.29 is 27.9 Å². The van der Waals surface area contributed by atoms with E-state index in [-0.39, 0.29) is 22.0 Å². The monoisotopic (exact) mass is 587 g/mol. The number of benzene rings is 2. The predicted molar refractivity (Wildman–Crippen MR) is 160 cm³/mol. The van der Waals surface area contributed by atoms with E-state index in [1.807, 2.05) is 25.1 Å². The number of hydrogen-bond acceptors (Lipinski definition) is 7. The molecule has 218 valence electrons. The average Bonchev–Trinajstić information content (AvgIpc) is 3.01. The topological polar surface area (TPSA) is 126 Å². The molecule has 0 saturated heterocycles. The largest absolute Gasteiger partial charge is 0.497 e. The quantitative estimate of drug-likeness (QED) is 0.313. The van der Waals surface area contributed by atoms with Crippen molar-refractivity contribution in [1.29, 1.82) is 0 Å². The molecule has 3 aromatic rings. The van der Waals surface area contributed by atoms with E-state index in [2.05, 4.69) is 16.9 Å². The van der Waals surface area contributed by atoms with E-state index in [4.69, 9.17) is 4.74 Å². The molecule has 1 amide bonds. The molecular weight excluding hydrogens is 554 g/mol. The molecule has 2 atom stereocenters. The number of carboxylic acid groups (broad SMARTS) is 1. The van der Waals surface area contributed by atoms with Crippen LogP contribution < -0.4 is 15.0 Å². The van der Waals surface area contributed by atoms with Gasteiger partial charge in [-0.15, -0.1) is 0 Å². The number of methoxy groups -OCH3 is 1. The Morgan fingerprint density at radius 2 is 1.79 bits per heavy atom. The SMILES string of the molecule is C=C(C(=O)N(CC)c1ccccc1)C1(NCc2cccnc2S(=O)(=O)c2ccc(OC)cc2)C(C)=CC=CC1C(=O)O. The van der Waals surface area contributed by atoms with Crippen LogP contribution in [0, 0.1) is 5.92 Å². The summed E-state index contributed by atoms with van der Waals surface area (Å²) in [6.45, 7) is 7.88. The maximum Gasteiger partial charge on any atom is 0.312 e. The second-order valence-corrected chi connectivity index (χ2v) is 11.6. The molecule has 10 heteroatoms. The Labute approximate surface area is 245 Å². The summed E-state index contributed by atoms with van der Waals surface area (Å²) in [6, 6.07) is 18.2. The van der Waals surface area contributed by atoms with Crippen molar-refractivity contribution >= 4 is 27.4 Å². The van der Waals surface area contributed by atoms with Crippen LogP contribution in [0.1, 0.15) is 19.4 Å². The number of para-hydroxylation sites is 1. The number of sulfone groups is 1. The van der Waals surface area contributed by atoms with Crippen molar-refractivity contribution in [3.63, 3.8) is 0 Å². The lowest BCUT2D eigenvalue weighted by Crippen LogP contribution is -2.59. The van der Waals surface area contributed by atoms with Crippen LogP contribution in [0.3, 0.4) is 0 Å². The number of hydrogen-bond donors (Lipinski definition) is 2. The first-order valence-corrected chi connectivity index (χ1v) is 14.8. The van der Waals surface area contributed by atoms with Crippen molar-refractivity contribution in [3.8, 4) is 5.75 Å². The Balaban J connectivity index is 1.76. The number of carbonyl (C=O) groups excluding carboxylic acids is 1. The number of ether oxygens (including phenoxy) is 1. The Morgan fingerprint density at radius 3 is 2.40 bits per heavy atom. The molecule has 2 aromatic carbocycles. The van der Waals surface area contributed by atoms with E-state index >= 15 is 0 Å². The van der Waals surface area contributed by atoms with Gasteiger partial charge in [-0.25, -0.2) is 13.4 Å². The van der Waals surface area contributed by atoms with Crippen molar-refractivity contribution in [2.75, 3.05) is 18.6 Å². The molecule has 2 unspecified atom stereocenters. The van der Waals surface area contributed by atoms with E-state index < -0.39 is 33.2 Å². The standard InChI is InChI=1S/C32H33N3O6S/c1-5-35(25-13-7-6-8-14-25)30(36)23(3)32(22(2)11-9-15-28(32)31(37)38)34-21-24-12-10-20-33-29(24)42(39,40)27-18-16-26(41-4)17-19-27/h6-20,28,34H,3,5,21H2,1-2,4H3,(H,37,38). The number of nitrogens with one attached hydrogen (secondary N) is 1. The van der Waals surface area contributed by atoms with Crippen molar-refractivity contribution in [2.45, 2.75) is 35.9 Å². The minimum Gasteiger partial charge on any atom is -0.497 e. The van der Waals surface area contributed by atoms with Crippen LogP contribution in [0.5, 0.6) is 5.75 Å². The summed E-state index contributed by atoms with van der Waals surface area (Å²) in [5, 5.41) is 13.4. The van der Waals surface area contributed by atoms with Gasteiger partial charge in [0.15, 0.2) is 5.03 Å². The fourth-order valence-electron chi connectivity index (χ4n) is 5.17. The molecular formula is C32H33N3O6S. The number of amides is 1. The lowest BCUT2D eigenvalue weighted by molar-refractivity contribution is -0.141. The molecule has 1 aromatic heterocycles. The predicted octanol–water partition coefficient (Wildman–Crippen LogP) is 4.58. The van der Waals surface area contributed by atoms with Crippen molar-refractivity contribution in [2.24, 2.45) is 5.92 Å². The van der Waals surface area contributed by atoms with Crippen LogP contribution >= 0.6 is 0 Å². The number of anilines is 1. The number of carboxylic acids is 1. The molecule has 1 aliphatic rings. The first-order valence-electron chi connectivity index (χ1n) is 13.3. The van der Waals surface area contributed by atoms with Crippen LogP contribution in [0.25, 0.3) is 0 Å². The number of aliphatic carboxylic acids is 1. The number of allylic oxidation sites excluding steroid dienone is 2. The molecule has 9 nitrogen and oxygen atoms in total. The van der Waals surface area contributed by atoms with Gasteiger partial charge in [0.05, 0.1) is 17.5 Å². The van der Waals surface area contributed by atoms with Gasteiger partial charge in [-0.3, -0.25) is 14.9 Å². The van der Waals surface area contributed by atoms with Gasteiger partial charge in [0.25, 0.3) is 5.91 Å². The lowest BCUT2D eigenvalue weighted by Gasteiger charge is -2.43. The Morgan fingerprint density at radius 1 is 1.10 bits per heavy atom. The number of likely N-dealkylation sites (N-methyl/N-ethyl adjacent to an activating group) is 1. The van der Waals surface area contributed by atoms with E-state index in [0.717, 1.165) is 0 Å². The molecule has 0 fully saturated rings. The summed E-state index contributed by atoms with van der Waals surface area (Å²) in [4.78, 5) is 32.4. The van der Waals surface area contributed by atoms with Gasteiger partial charge >= 0.3 is 5.97 Å². The van der Waals surface area contributed by atoms with Crippen LogP contribution in [-0.4, -0.2) is 49.6 Å². The van der Waals surface area contributed by atoms with E-state index in [1.54, 1.807) is 55.5 Å². The third-order valence-electron chi connectivity index (χ3n) is 7.40. The van der Waals surface area contributed by atoms with E-state index in [0.29, 0.717) is 29.1 Å². The minimum absolute atomic E-state index is 0.0159. The summed E-state index contributed by atoms with van der Waals surface area (Å²) in [6.07, 6.45) is 6.23. The summed E-state index contributed by atoms with van der Waals surface area (Å²) < 4.78 is 32.4. The zero-order valence-corrected chi connectivity index (χ0v) is 24.5. The fraction of sp³-hybridized carbons (Fsp3) is 0.219. The summed E-state index contributed by atoms with van der Waals surface area (Å²) >= 11 is 0. The highest BCUT2D eigenvalue weighted by molar-refractivity contribution is 7.91. The maximum atomic E-state index is 14.0. The van der Waals surface area contributed by atoms with Crippen LogP contribution in [0.4, 0.5) is 5.69 Å². The minimum atomic E-state index is -4.05. The molecule has 0 spiro atoms. The van der Waals surface area contributed by atoms with Gasteiger partial charge < -0.3 is 14.7 Å². The van der Waals surface area contributed by atoms with Crippen LogP contribution in [0.15, 0.2) is 119 Å². The van der Waals surface area contributed by atoms with Crippen molar-refractivity contribution in [3.05, 3.63) is 114 Å². The Bertz CT molecular complexity index is 1650. The molecule has 4 rings (SSSR count). The number of carbonyl (C=O) groups is 2. The molecule has 1 aliphatic carbocycles. The van der Waals surface area contributed by atoms with Gasteiger partial charge in [0.2, 0.25) is 9.84 Å². The Kier molecular flexibility index (Phi) is 9.08. The van der Waals surface area contributed by atoms with Gasteiger partial charge in [0.1, 0.15) is 11.7 Å². The van der Waals surface area contributed by atoms with E-state index in [1.165, 1.54) is 36.4 Å². The Hall–Kier alpha value is -4.54. The van der Waals surface area contributed by atoms with Gasteiger partial charge in [0, 0.05) is 36.1 Å². The highest BCUT2D eigenvalue weighted by atomic mass is 32.2. The highest BCUT2D eigenvalue weighted by Gasteiger charge is 2.49. The average molecular weight is 588 g/mol. The molecule has 42 heavy (non-hydrogen) atoms. The molecule has 0 radical (unpaired) electrons. The molecule has 2 N–H and O–H groups in total. The zero-order chi connectivity index (χ0) is 30.5. The molecule has 0 bridgehead atoms. The highest BCUT2D eigenvalue weighted by Crippen LogP contribution is 2.39. The number of pyridine rings is 1. The smallest absolute Gasteiger partial charge is 0.312 e. The normalized spacial score (nSPS) is 18.2. The van der Waals surface area contributed by atoms with Crippen LogP contribution in [0.2, 0.25) is 0 Å². The molecule has 1 heterocycles. The fourth-order valence-corrected chi connectivity index (χ4v) is 6.57.